The fraction of sp³-hybridized carbons (Fsp3) is 0.889. The standard InChI is InChI=1S/C9H17NO3/c11-5-9(6-12)8-1-3-10(7-13)4-2-8/h7-9,11-12H,1-6H2. The van der Waals surface area contributed by atoms with E-state index in [2.05, 4.69) is 0 Å². The quantitative estimate of drug-likeness (QED) is 0.581. The molecule has 2 N–H and O–H groups in total. The van der Waals surface area contributed by atoms with Crippen molar-refractivity contribution < 1.29 is 15.0 Å². The topological polar surface area (TPSA) is 60.8 Å². The molecule has 1 heterocycles. The van der Waals surface area contributed by atoms with Crippen molar-refractivity contribution >= 4 is 6.41 Å². The van der Waals surface area contributed by atoms with Crippen LogP contribution >= 0.6 is 0 Å². The van der Waals surface area contributed by atoms with Crippen LogP contribution in [0.2, 0.25) is 0 Å². The number of hydrogen-bond acceptors (Lipinski definition) is 3. The maximum absolute atomic E-state index is 10.4. The molecule has 0 aliphatic carbocycles. The summed E-state index contributed by atoms with van der Waals surface area (Å²) in [6.07, 6.45) is 2.65. The predicted molar refractivity (Wildman–Crippen MR) is 48.0 cm³/mol. The number of aliphatic hydroxyl groups excluding tert-OH is 2. The van der Waals surface area contributed by atoms with Crippen LogP contribution in [-0.4, -0.2) is 47.8 Å². The smallest absolute Gasteiger partial charge is 0.209 e. The van der Waals surface area contributed by atoms with E-state index in [0.717, 1.165) is 32.3 Å². The predicted octanol–water partition coefficient (Wildman–Crippen LogP) is -0.544. The van der Waals surface area contributed by atoms with Crippen LogP contribution in [0.25, 0.3) is 0 Å². The van der Waals surface area contributed by atoms with Crippen LogP contribution in [-0.2, 0) is 4.79 Å². The van der Waals surface area contributed by atoms with Crippen LogP contribution in [0.3, 0.4) is 0 Å². The summed E-state index contributed by atoms with van der Waals surface area (Å²) in [7, 11) is 0. The molecular weight excluding hydrogens is 170 g/mol. The van der Waals surface area contributed by atoms with E-state index < -0.39 is 0 Å². The van der Waals surface area contributed by atoms with Crippen molar-refractivity contribution in [1.29, 1.82) is 0 Å². The van der Waals surface area contributed by atoms with Crippen molar-refractivity contribution in [2.75, 3.05) is 26.3 Å². The first kappa shape index (κ1) is 10.5. The van der Waals surface area contributed by atoms with E-state index in [9.17, 15) is 4.79 Å². The highest BCUT2D eigenvalue weighted by molar-refractivity contribution is 5.47. The fourth-order valence-electron chi connectivity index (χ4n) is 1.85. The number of likely N-dealkylation sites (tertiary alicyclic amines) is 1. The minimum absolute atomic E-state index is 0.00574. The maximum atomic E-state index is 10.4. The molecule has 0 aromatic rings. The molecule has 1 aliphatic heterocycles. The van der Waals surface area contributed by atoms with Gasteiger partial charge in [0.15, 0.2) is 0 Å². The van der Waals surface area contributed by atoms with Gasteiger partial charge in [-0.05, 0) is 18.8 Å². The molecule has 0 aromatic carbocycles. The number of piperidine rings is 1. The summed E-state index contributed by atoms with van der Waals surface area (Å²) >= 11 is 0. The maximum Gasteiger partial charge on any atom is 0.209 e. The zero-order chi connectivity index (χ0) is 9.68. The second kappa shape index (κ2) is 5.19. The summed E-state index contributed by atoms with van der Waals surface area (Å²) < 4.78 is 0. The highest BCUT2D eigenvalue weighted by atomic mass is 16.3. The van der Waals surface area contributed by atoms with E-state index >= 15 is 0 Å². The molecule has 0 atom stereocenters. The van der Waals surface area contributed by atoms with Crippen molar-refractivity contribution in [1.82, 2.24) is 4.90 Å². The van der Waals surface area contributed by atoms with Crippen LogP contribution in [0.4, 0.5) is 0 Å². The average molecular weight is 187 g/mol. The number of nitrogens with zero attached hydrogens (tertiary/aromatic N) is 1. The van der Waals surface area contributed by atoms with E-state index in [1.54, 1.807) is 4.90 Å². The van der Waals surface area contributed by atoms with Crippen molar-refractivity contribution in [3.8, 4) is 0 Å². The first-order valence-corrected chi connectivity index (χ1v) is 4.73. The Morgan fingerprint density at radius 3 is 2.23 bits per heavy atom. The zero-order valence-corrected chi connectivity index (χ0v) is 7.72. The van der Waals surface area contributed by atoms with Gasteiger partial charge in [0, 0.05) is 32.2 Å². The van der Waals surface area contributed by atoms with Gasteiger partial charge < -0.3 is 15.1 Å². The lowest BCUT2D eigenvalue weighted by Gasteiger charge is -2.32. The van der Waals surface area contributed by atoms with Crippen molar-refractivity contribution in [2.24, 2.45) is 11.8 Å². The molecule has 1 saturated heterocycles. The molecule has 4 heteroatoms. The van der Waals surface area contributed by atoms with Gasteiger partial charge in [0.05, 0.1) is 0 Å². The van der Waals surface area contributed by atoms with Gasteiger partial charge >= 0.3 is 0 Å². The molecule has 0 aromatic heterocycles. The third-order valence-corrected chi connectivity index (χ3v) is 2.86. The van der Waals surface area contributed by atoms with Crippen molar-refractivity contribution in [2.45, 2.75) is 12.8 Å². The van der Waals surface area contributed by atoms with E-state index in [4.69, 9.17) is 10.2 Å². The first-order valence-electron chi connectivity index (χ1n) is 4.73. The summed E-state index contributed by atoms with van der Waals surface area (Å²) in [4.78, 5) is 12.1. The second-order valence-electron chi connectivity index (χ2n) is 3.60. The van der Waals surface area contributed by atoms with Gasteiger partial charge in [0.2, 0.25) is 6.41 Å². The van der Waals surface area contributed by atoms with Gasteiger partial charge in [-0.1, -0.05) is 0 Å². The molecule has 0 bridgehead atoms. The Hall–Kier alpha value is -0.610. The third-order valence-electron chi connectivity index (χ3n) is 2.86. The highest BCUT2D eigenvalue weighted by Crippen LogP contribution is 2.23. The van der Waals surface area contributed by atoms with E-state index in [0.29, 0.717) is 5.92 Å². The molecule has 76 valence electrons. The van der Waals surface area contributed by atoms with E-state index in [-0.39, 0.29) is 19.1 Å². The first-order chi connectivity index (χ1) is 6.31. The summed E-state index contributed by atoms with van der Waals surface area (Å²) in [5, 5.41) is 17.9. The average Bonchev–Trinajstić information content (AvgIpc) is 2.21. The van der Waals surface area contributed by atoms with Crippen LogP contribution in [0.1, 0.15) is 12.8 Å². The third kappa shape index (κ3) is 2.67. The molecule has 0 spiro atoms. The normalized spacial score (nSPS) is 19.5. The molecule has 1 rings (SSSR count). The van der Waals surface area contributed by atoms with Crippen molar-refractivity contribution in [3.63, 3.8) is 0 Å². The lowest BCUT2D eigenvalue weighted by molar-refractivity contribution is -0.119. The summed E-state index contributed by atoms with van der Waals surface area (Å²) in [6.45, 7) is 1.60. The van der Waals surface area contributed by atoms with Gasteiger partial charge in [-0.2, -0.15) is 0 Å². The molecule has 0 unspecified atom stereocenters. The summed E-state index contributed by atoms with van der Waals surface area (Å²) in [6, 6.07) is 0. The zero-order valence-electron chi connectivity index (χ0n) is 7.72. The number of carbonyl (C=O) groups excluding carboxylic acids is 1. The molecule has 0 radical (unpaired) electrons. The Kier molecular flexibility index (Phi) is 4.18. The van der Waals surface area contributed by atoms with E-state index in [1.807, 2.05) is 0 Å². The minimum atomic E-state index is -0.00574. The van der Waals surface area contributed by atoms with Crippen LogP contribution in [0.5, 0.6) is 0 Å². The van der Waals surface area contributed by atoms with Crippen LogP contribution < -0.4 is 0 Å². The number of rotatable bonds is 4. The molecule has 1 amide bonds. The fourth-order valence-corrected chi connectivity index (χ4v) is 1.85. The monoisotopic (exact) mass is 187 g/mol. The Labute approximate surface area is 78.2 Å². The molecular formula is C9H17NO3. The highest BCUT2D eigenvalue weighted by Gasteiger charge is 2.24. The number of aliphatic hydroxyl groups is 2. The van der Waals surface area contributed by atoms with Gasteiger partial charge in [-0.25, -0.2) is 0 Å². The summed E-state index contributed by atoms with van der Waals surface area (Å²) in [5.74, 6) is 0.361. The largest absolute Gasteiger partial charge is 0.396 e. The Morgan fingerprint density at radius 2 is 1.85 bits per heavy atom. The molecule has 0 saturated carbocycles. The number of hydrogen-bond donors (Lipinski definition) is 2. The molecule has 13 heavy (non-hydrogen) atoms. The van der Waals surface area contributed by atoms with Gasteiger partial charge in [-0.3, -0.25) is 4.79 Å². The summed E-state index contributed by atoms with van der Waals surface area (Å²) in [5.41, 5.74) is 0. The van der Waals surface area contributed by atoms with Crippen LogP contribution in [0, 0.1) is 11.8 Å². The van der Waals surface area contributed by atoms with Crippen LogP contribution in [0.15, 0.2) is 0 Å². The number of carbonyl (C=O) groups is 1. The Bertz CT molecular complexity index is 151. The molecule has 4 nitrogen and oxygen atoms in total. The lowest BCUT2D eigenvalue weighted by Crippen LogP contribution is -2.37. The van der Waals surface area contributed by atoms with E-state index in [1.165, 1.54) is 0 Å². The molecule has 1 aliphatic rings. The van der Waals surface area contributed by atoms with Gasteiger partial charge in [0.1, 0.15) is 0 Å². The second-order valence-corrected chi connectivity index (χ2v) is 3.60. The molecule has 1 fully saturated rings. The Morgan fingerprint density at radius 1 is 1.31 bits per heavy atom. The SMILES string of the molecule is O=CN1CCC(C(CO)CO)CC1. The minimum Gasteiger partial charge on any atom is -0.396 e. The number of amides is 1. The van der Waals surface area contributed by atoms with Crippen molar-refractivity contribution in [3.05, 3.63) is 0 Å². The van der Waals surface area contributed by atoms with Gasteiger partial charge in [0.25, 0.3) is 0 Å². The Balaban J connectivity index is 2.34. The van der Waals surface area contributed by atoms with Gasteiger partial charge in [-0.15, -0.1) is 0 Å². The lowest BCUT2D eigenvalue weighted by atomic mass is 9.85.